The van der Waals surface area contributed by atoms with Crippen LogP contribution in [-0.2, 0) is 9.53 Å². The molecule has 0 aromatic rings. The Balaban J connectivity index is 3.40. The van der Waals surface area contributed by atoms with E-state index in [1.54, 1.807) is 0 Å². The molecule has 1 amide bonds. The highest BCUT2D eigenvalue weighted by Crippen LogP contribution is 2.01. The molecule has 13 heavy (non-hydrogen) atoms. The minimum atomic E-state index is -0.0494. The first-order chi connectivity index (χ1) is 6.06. The van der Waals surface area contributed by atoms with Crippen LogP contribution in [0.1, 0.15) is 27.2 Å². The highest BCUT2D eigenvalue weighted by atomic mass is 79.9. The Morgan fingerprint density at radius 3 is 2.62 bits per heavy atom. The molecule has 0 saturated carbocycles. The van der Waals surface area contributed by atoms with E-state index in [-0.39, 0.29) is 18.6 Å². The molecule has 0 aliphatic heterocycles. The lowest BCUT2D eigenvalue weighted by Crippen LogP contribution is -2.33. The maximum absolute atomic E-state index is 11.1. The van der Waals surface area contributed by atoms with Crippen LogP contribution in [0.5, 0.6) is 0 Å². The zero-order valence-electron chi connectivity index (χ0n) is 8.47. The quantitative estimate of drug-likeness (QED) is 0.731. The number of hydrogen-bond acceptors (Lipinski definition) is 2. The summed E-state index contributed by atoms with van der Waals surface area (Å²) >= 11 is 3.43. The van der Waals surface area contributed by atoms with Gasteiger partial charge >= 0.3 is 0 Å². The predicted molar refractivity (Wildman–Crippen MR) is 57.1 cm³/mol. The van der Waals surface area contributed by atoms with Crippen LogP contribution in [0.25, 0.3) is 0 Å². The van der Waals surface area contributed by atoms with Crippen molar-refractivity contribution in [1.29, 1.82) is 0 Å². The molecular formula is C9H18BrNO2. The summed E-state index contributed by atoms with van der Waals surface area (Å²) in [5.74, 6) is -0.0494. The van der Waals surface area contributed by atoms with E-state index < -0.39 is 0 Å². The van der Waals surface area contributed by atoms with Gasteiger partial charge in [-0.25, -0.2) is 0 Å². The first-order valence-electron chi connectivity index (χ1n) is 4.58. The summed E-state index contributed by atoms with van der Waals surface area (Å²) in [6, 6.07) is 0. The smallest absolute Gasteiger partial charge is 0.246 e. The summed E-state index contributed by atoms with van der Waals surface area (Å²) in [6.45, 7) is 6.70. The Kier molecular flexibility index (Phi) is 7.28. The van der Waals surface area contributed by atoms with Crippen LogP contribution in [0.2, 0.25) is 0 Å². The van der Waals surface area contributed by atoms with E-state index in [0.29, 0.717) is 11.4 Å². The number of hydrogen-bond donors (Lipinski definition) is 1. The Labute approximate surface area is 88.4 Å². The van der Waals surface area contributed by atoms with E-state index in [1.807, 2.05) is 13.8 Å². The highest BCUT2D eigenvalue weighted by molar-refractivity contribution is 9.09. The van der Waals surface area contributed by atoms with Crippen LogP contribution in [0.4, 0.5) is 0 Å². The SMILES string of the molecule is CCC(Br)CNC(=O)COC(C)C. The zero-order valence-corrected chi connectivity index (χ0v) is 10.1. The molecule has 0 heterocycles. The number of ether oxygens (including phenoxy) is 1. The number of nitrogens with one attached hydrogen (secondary N) is 1. The molecule has 78 valence electrons. The molecule has 0 saturated heterocycles. The van der Waals surface area contributed by atoms with Gasteiger partial charge in [0.15, 0.2) is 0 Å². The van der Waals surface area contributed by atoms with Crippen molar-refractivity contribution in [3.05, 3.63) is 0 Å². The molecule has 1 atom stereocenters. The maximum Gasteiger partial charge on any atom is 0.246 e. The van der Waals surface area contributed by atoms with Crippen LogP contribution in [0.3, 0.4) is 0 Å². The van der Waals surface area contributed by atoms with Crippen molar-refractivity contribution in [2.45, 2.75) is 38.1 Å². The van der Waals surface area contributed by atoms with E-state index in [0.717, 1.165) is 6.42 Å². The third kappa shape index (κ3) is 8.25. The minimum absolute atomic E-state index is 0.0494. The zero-order chi connectivity index (χ0) is 10.3. The van der Waals surface area contributed by atoms with E-state index in [4.69, 9.17) is 4.74 Å². The second-order valence-corrected chi connectivity index (χ2v) is 4.46. The molecule has 1 unspecified atom stereocenters. The van der Waals surface area contributed by atoms with Gasteiger partial charge in [-0.15, -0.1) is 0 Å². The summed E-state index contributed by atoms with van der Waals surface area (Å²) in [7, 11) is 0. The largest absolute Gasteiger partial charge is 0.369 e. The third-order valence-electron chi connectivity index (χ3n) is 1.51. The lowest BCUT2D eigenvalue weighted by Gasteiger charge is -2.10. The summed E-state index contributed by atoms with van der Waals surface area (Å²) in [4.78, 5) is 11.5. The number of halogens is 1. The van der Waals surface area contributed by atoms with Gasteiger partial charge in [0.25, 0.3) is 0 Å². The molecule has 3 nitrogen and oxygen atoms in total. The lowest BCUT2D eigenvalue weighted by atomic mass is 10.3. The topological polar surface area (TPSA) is 38.3 Å². The van der Waals surface area contributed by atoms with Crippen molar-refractivity contribution in [2.75, 3.05) is 13.2 Å². The third-order valence-corrected chi connectivity index (χ3v) is 2.48. The second-order valence-electron chi connectivity index (χ2n) is 3.17. The Morgan fingerprint density at radius 2 is 2.15 bits per heavy atom. The van der Waals surface area contributed by atoms with E-state index >= 15 is 0 Å². The molecular weight excluding hydrogens is 234 g/mol. The van der Waals surface area contributed by atoms with Gasteiger partial charge in [0, 0.05) is 11.4 Å². The van der Waals surface area contributed by atoms with Gasteiger partial charge in [0.2, 0.25) is 5.91 Å². The average Bonchev–Trinajstić information content (AvgIpc) is 2.10. The number of alkyl halides is 1. The summed E-state index contributed by atoms with van der Waals surface area (Å²) < 4.78 is 5.14. The lowest BCUT2D eigenvalue weighted by molar-refractivity contribution is -0.127. The highest BCUT2D eigenvalue weighted by Gasteiger charge is 2.05. The fraction of sp³-hybridized carbons (Fsp3) is 0.889. The number of rotatable bonds is 6. The second kappa shape index (κ2) is 7.33. The standard InChI is InChI=1S/C9H18BrNO2/c1-4-8(10)5-11-9(12)6-13-7(2)3/h7-8H,4-6H2,1-3H3,(H,11,12). The Morgan fingerprint density at radius 1 is 1.54 bits per heavy atom. The van der Waals surface area contributed by atoms with E-state index in [2.05, 4.69) is 28.2 Å². The van der Waals surface area contributed by atoms with Crippen LogP contribution < -0.4 is 5.32 Å². The van der Waals surface area contributed by atoms with Gasteiger partial charge in [-0.3, -0.25) is 4.79 Å². The first kappa shape index (κ1) is 12.9. The molecule has 0 aromatic heterocycles. The van der Waals surface area contributed by atoms with Gasteiger partial charge in [-0.1, -0.05) is 22.9 Å². The van der Waals surface area contributed by atoms with Gasteiger partial charge in [0.05, 0.1) is 6.10 Å². The minimum Gasteiger partial charge on any atom is -0.369 e. The van der Waals surface area contributed by atoms with Crippen molar-refractivity contribution in [2.24, 2.45) is 0 Å². The number of amides is 1. The monoisotopic (exact) mass is 251 g/mol. The average molecular weight is 252 g/mol. The molecule has 0 aliphatic carbocycles. The molecule has 0 rings (SSSR count). The van der Waals surface area contributed by atoms with Crippen molar-refractivity contribution < 1.29 is 9.53 Å². The summed E-state index contributed by atoms with van der Waals surface area (Å²) in [6.07, 6.45) is 1.11. The van der Waals surface area contributed by atoms with Crippen molar-refractivity contribution in [1.82, 2.24) is 5.32 Å². The fourth-order valence-corrected chi connectivity index (χ4v) is 0.824. The van der Waals surface area contributed by atoms with Crippen molar-refractivity contribution in [3.8, 4) is 0 Å². The van der Waals surface area contributed by atoms with Gasteiger partial charge < -0.3 is 10.1 Å². The molecule has 0 aliphatic rings. The molecule has 4 heteroatoms. The number of carbonyl (C=O) groups is 1. The number of carbonyl (C=O) groups excluding carboxylic acids is 1. The summed E-state index contributed by atoms with van der Waals surface area (Å²) in [5, 5.41) is 2.78. The van der Waals surface area contributed by atoms with Crippen LogP contribution in [0.15, 0.2) is 0 Å². The predicted octanol–water partition coefficient (Wildman–Crippen LogP) is 1.70. The fourth-order valence-electron chi connectivity index (χ4n) is 0.662. The normalized spacial score (nSPS) is 13.0. The molecule has 0 bridgehead atoms. The van der Waals surface area contributed by atoms with E-state index in [9.17, 15) is 4.79 Å². The summed E-state index contributed by atoms with van der Waals surface area (Å²) in [5.41, 5.74) is 0. The molecule has 0 radical (unpaired) electrons. The van der Waals surface area contributed by atoms with E-state index in [1.165, 1.54) is 0 Å². The Bertz CT molecular complexity index is 151. The molecule has 0 aromatic carbocycles. The van der Waals surface area contributed by atoms with Crippen molar-refractivity contribution in [3.63, 3.8) is 0 Å². The Hall–Kier alpha value is -0.0900. The van der Waals surface area contributed by atoms with Crippen LogP contribution in [0, 0.1) is 0 Å². The molecule has 1 N–H and O–H groups in total. The maximum atomic E-state index is 11.1. The van der Waals surface area contributed by atoms with Crippen LogP contribution >= 0.6 is 15.9 Å². The molecule has 0 fully saturated rings. The van der Waals surface area contributed by atoms with Gasteiger partial charge in [-0.05, 0) is 20.3 Å². The van der Waals surface area contributed by atoms with Gasteiger partial charge in [0.1, 0.15) is 6.61 Å². The van der Waals surface area contributed by atoms with Crippen molar-refractivity contribution >= 4 is 21.8 Å². The van der Waals surface area contributed by atoms with Gasteiger partial charge in [-0.2, -0.15) is 0 Å². The van der Waals surface area contributed by atoms with Crippen LogP contribution in [-0.4, -0.2) is 30.0 Å². The molecule has 0 spiro atoms. The first-order valence-corrected chi connectivity index (χ1v) is 5.50.